The predicted molar refractivity (Wildman–Crippen MR) is 108 cm³/mol. The van der Waals surface area contributed by atoms with E-state index < -0.39 is 5.60 Å². The SMILES string of the molecule is CC(C)(C)OC(=O)C12C[C@H]3C[C@H](Nc4nc(Cl)cc5ncccc45)C[C@@H](C1)N32. The van der Waals surface area contributed by atoms with Crippen molar-refractivity contribution in [3.63, 3.8) is 0 Å². The van der Waals surface area contributed by atoms with Crippen LogP contribution in [-0.2, 0) is 9.53 Å². The number of nitrogens with one attached hydrogen (secondary N) is 1. The lowest BCUT2D eigenvalue weighted by Gasteiger charge is -2.71. The summed E-state index contributed by atoms with van der Waals surface area (Å²) >= 11 is 6.20. The third-order valence-electron chi connectivity index (χ3n) is 6.23. The van der Waals surface area contributed by atoms with Crippen LogP contribution in [0, 0.1) is 0 Å². The molecule has 3 aliphatic heterocycles. The summed E-state index contributed by atoms with van der Waals surface area (Å²) < 4.78 is 5.69. The summed E-state index contributed by atoms with van der Waals surface area (Å²) in [6, 6.07) is 6.90. The van der Waals surface area contributed by atoms with E-state index in [2.05, 4.69) is 20.2 Å². The Bertz CT molecular complexity index is 941. The number of carbonyl (C=O) groups excluding carboxylic acids is 1. The Labute approximate surface area is 169 Å². The summed E-state index contributed by atoms with van der Waals surface area (Å²) in [6.07, 6.45) is 5.54. The molecule has 28 heavy (non-hydrogen) atoms. The maximum atomic E-state index is 12.7. The number of esters is 1. The molecule has 1 unspecified atom stereocenters. The Morgan fingerprint density at radius 2 is 2.04 bits per heavy atom. The number of carbonyl (C=O) groups is 1. The number of fused-ring (bicyclic) bond motifs is 1. The lowest BCUT2D eigenvalue weighted by molar-refractivity contribution is -0.241. The van der Waals surface area contributed by atoms with E-state index in [0.717, 1.165) is 42.4 Å². The number of rotatable bonds is 3. The molecule has 2 aromatic heterocycles. The van der Waals surface area contributed by atoms with Crippen LogP contribution in [0.15, 0.2) is 24.4 Å². The lowest BCUT2D eigenvalue weighted by Crippen LogP contribution is -2.84. The van der Waals surface area contributed by atoms with E-state index in [4.69, 9.17) is 16.3 Å². The van der Waals surface area contributed by atoms with Gasteiger partial charge in [-0.3, -0.25) is 14.7 Å². The molecule has 1 N–H and O–H groups in total. The molecular weight excluding hydrogens is 376 g/mol. The van der Waals surface area contributed by atoms with Crippen LogP contribution in [0.4, 0.5) is 5.82 Å². The molecule has 0 amide bonds. The van der Waals surface area contributed by atoms with Crippen molar-refractivity contribution >= 4 is 34.3 Å². The number of pyridine rings is 2. The fourth-order valence-corrected chi connectivity index (χ4v) is 5.49. The molecule has 4 atom stereocenters. The average Bonchev–Trinajstić information content (AvgIpc) is 2.55. The van der Waals surface area contributed by atoms with E-state index in [9.17, 15) is 4.79 Å². The van der Waals surface area contributed by atoms with Crippen molar-refractivity contribution in [3.05, 3.63) is 29.5 Å². The van der Waals surface area contributed by atoms with Gasteiger partial charge in [-0.05, 0) is 58.6 Å². The summed E-state index contributed by atoms with van der Waals surface area (Å²) in [6.45, 7) is 5.80. The quantitative estimate of drug-likeness (QED) is 0.624. The molecule has 2 aromatic rings. The smallest absolute Gasteiger partial charge is 0.327 e. The maximum absolute atomic E-state index is 12.7. The highest BCUT2D eigenvalue weighted by Gasteiger charge is 2.70. The first kappa shape index (κ1) is 18.1. The summed E-state index contributed by atoms with van der Waals surface area (Å²) in [5.41, 5.74) is 0.0481. The molecule has 0 aliphatic carbocycles. The third kappa shape index (κ3) is 2.77. The monoisotopic (exact) mass is 400 g/mol. The highest BCUT2D eigenvalue weighted by Crippen LogP contribution is 2.57. The minimum atomic E-state index is -0.435. The molecule has 0 radical (unpaired) electrons. The first-order valence-corrected chi connectivity index (χ1v) is 10.3. The number of halogens is 1. The van der Waals surface area contributed by atoms with Crippen molar-refractivity contribution in [2.24, 2.45) is 0 Å². The number of ether oxygens (including phenoxy) is 1. The molecule has 5 rings (SSSR count). The third-order valence-corrected chi connectivity index (χ3v) is 6.42. The minimum absolute atomic E-state index is 0.0486. The first-order chi connectivity index (χ1) is 13.2. The largest absolute Gasteiger partial charge is 0.459 e. The second-order valence-electron chi connectivity index (χ2n) is 9.33. The highest BCUT2D eigenvalue weighted by molar-refractivity contribution is 6.30. The number of anilines is 1. The van der Waals surface area contributed by atoms with Crippen molar-refractivity contribution in [3.8, 4) is 0 Å². The van der Waals surface area contributed by atoms with Gasteiger partial charge in [-0.1, -0.05) is 11.6 Å². The molecule has 5 heterocycles. The van der Waals surface area contributed by atoms with Gasteiger partial charge >= 0.3 is 5.97 Å². The van der Waals surface area contributed by atoms with Crippen LogP contribution < -0.4 is 5.32 Å². The fraction of sp³-hybridized carbons (Fsp3) is 0.571. The van der Waals surface area contributed by atoms with E-state index >= 15 is 0 Å². The van der Waals surface area contributed by atoms with Gasteiger partial charge in [0.05, 0.1) is 5.52 Å². The first-order valence-electron chi connectivity index (χ1n) is 9.95. The molecule has 0 spiro atoms. The molecule has 0 saturated carbocycles. The van der Waals surface area contributed by atoms with Crippen LogP contribution in [0.25, 0.3) is 10.9 Å². The van der Waals surface area contributed by atoms with E-state index in [0.29, 0.717) is 23.3 Å². The molecule has 3 saturated heterocycles. The van der Waals surface area contributed by atoms with Crippen LogP contribution in [0.2, 0.25) is 5.15 Å². The normalized spacial score (nSPS) is 31.5. The topological polar surface area (TPSA) is 67.3 Å². The minimum Gasteiger partial charge on any atom is -0.459 e. The zero-order valence-corrected chi connectivity index (χ0v) is 17.2. The summed E-state index contributed by atoms with van der Waals surface area (Å²) in [5, 5.41) is 5.04. The molecule has 0 aromatic carbocycles. The zero-order valence-electron chi connectivity index (χ0n) is 16.4. The number of hydrogen-bond acceptors (Lipinski definition) is 6. The van der Waals surface area contributed by atoms with Gasteiger partial charge < -0.3 is 10.1 Å². The van der Waals surface area contributed by atoms with E-state index in [1.165, 1.54) is 0 Å². The van der Waals surface area contributed by atoms with E-state index in [1.807, 2.05) is 32.9 Å². The lowest BCUT2D eigenvalue weighted by atomic mass is 9.59. The Hall–Kier alpha value is -1.92. The van der Waals surface area contributed by atoms with Crippen LogP contribution in [0.5, 0.6) is 0 Å². The fourth-order valence-electron chi connectivity index (χ4n) is 5.30. The second-order valence-corrected chi connectivity index (χ2v) is 9.72. The van der Waals surface area contributed by atoms with Gasteiger partial charge in [0.25, 0.3) is 0 Å². The zero-order chi connectivity index (χ0) is 19.7. The molecule has 148 valence electrons. The Balaban J connectivity index is 1.30. The second kappa shape index (κ2) is 6.04. The van der Waals surface area contributed by atoms with Crippen LogP contribution in [-0.4, -0.2) is 50.1 Å². The highest BCUT2D eigenvalue weighted by atomic mass is 35.5. The van der Waals surface area contributed by atoms with Gasteiger partial charge in [0.2, 0.25) is 0 Å². The van der Waals surface area contributed by atoms with E-state index in [-0.39, 0.29) is 11.5 Å². The van der Waals surface area contributed by atoms with Gasteiger partial charge in [0, 0.05) is 35.8 Å². The number of nitrogens with zero attached hydrogens (tertiary/aromatic N) is 3. The summed E-state index contributed by atoms with van der Waals surface area (Å²) in [5.74, 6) is 0.749. The number of hydrogen-bond donors (Lipinski definition) is 1. The summed E-state index contributed by atoms with van der Waals surface area (Å²) in [4.78, 5) is 24.0. The van der Waals surface area contributed by atoms with Crippen molar-refractivity contribution in [2.45, 2.75) is 75.7 Å². The van der Waals surface area contributed by atoms with Crippen molar-refractivity contribution in [1.82, 2.24) is 14.9 Å². The van der Waals surface area contributed by atoms with Crippen LogP contribution in [0.3, 0.4) is 0 Å². The van der Waals surface area contributed by atoms with E-state index in [1.54, 1.807) is 12.3 Å². The molecule has 3 aliphatic rings. The van der Waals surface area contributed by atoms with Gasteiger partial charge in [-0.2, -0.15) is 0 Å². The van der Waals surface area contributed by atoms with Gasteiger partial charge in [-0.25, -0.2) is 4.98 Å². The Kier molecular flexibility index (Phi) is 3.91. The van der Waals surface area contributed by atoms with Crippen molar-refractivity contribution < 1.29 is 9.53 Å². The molecule has 6 nitrogen and oxygen atoms in total. The van der Waals surface area contributed by atoms with Crippen molar-refractivity contribution in [1.29, 1.82) is 0 Å². The maximum Gasteiger partial charge on any atom is 0.327 e. The van der Waals surface area contributed by atoms with Gasteiger partial charge in [0.1, 0.15) is 22.1 Å². The molecule has 3 fully saturated rings. The molecular formula is C21H25ClN4O2. The Morgan fingerprint density at radius 1 is 1.32 bits per heavy atom. The van der Waals surface area contributed by atoms with Crippen molar-refractivity contribution in [2.75, 3.05) is 5.32 Å². The molecule has 0 bridgehead atoms. The van der Waals surface area contributed by atoms with Gasteiger partial charge in [-0.15, -0.1) is 0 Å². The predicted octanol–water partition coefficient (Wildman–Crippen LogP) is 3.78. The number of aromatic nitrogens is 2. The number of piperidine rings is 2. The van der Waals surface area contributed by atoms with Crippen LogP contribution >= 0.6 is 11.6 Å². The summed E-state index contributed by atoms with van der Waals surface area (Å²) in [7, 11) is 0. The average molecular weight is 401 g/mol. The standard InChI is InChI=1S/C21H25ClN4O2/c1-20(2,3)28-19(27)21-10-13-7-12(8-14(11-21)26(13)21)24-18-15-5-4-6-23-16(15)9-17(22)25-18/h4-6,9,12-14H,7-8,10-11H2,1-3H3,(H,24,25)/t12-,13+,14-,21?. The molecule has 7 heteroatoms. The Morgan fingerprint density at radius 3 is 2.71 bits per heavy atom. The van der Waals surface area contributed by atoms with Gasteiger partial charge in [0.15, 0.2) is 0 Å². The van der Waals surface area contributed by atoms with Crippen LogP contribution in [0.1, 0.15) is 46.5 Å².